The molecule has 0 aromatic carbocycles. The Hall–Kier alpha value is -0.460. The third kappa shape index (κ3) is 3.26. The van der Waals surface area contributed by atoms with E-state index in [1.165, 1.54) is 0 Å². The van der Waals surface area contributed by atoms with Crippen molar-refractivity contribution in [2.45, 2.75) is 44.1 Å². The monoisotopic (exact) mass is 250 g/mol. The summed E-state index contributed by atoms with van der Waals surface area (Å²) in [7, 11) is 0. The van der Waals surface area contributed by atoms with Gasteiger partial charge in [-0.25, -0.2) is 0 Å². The standard InChI is InChI=1S/C9H12F6O/c10-8(11,12)6-3-1-5(2-4-6)7(16)9(13,14)15/h5-7,16H,1-4H2/t5?,6?,7-/m0/s1. The molecular weight excluding hydrogens is 238 g/mol. The molecule has 1 nitrogen and oxygen atoms in total. The second kappa shape index (κ2) is 4.43. The van der Waals surface area contributed by atoms with Crippen LogP contribution in [-0.4, -0.2) is 23.6 Å². The van der Waals surface area contributed by atoms with E-state index in [9.17, 15) is 26.3 Å². The third-order valence-electron chi connectivity index (χ3n) is 3.02. The van der Waals surface area contributed by atoms with E-state index in [1.54, 1.807) is 0 Å². The number of aliphatic hydroxyl groups is 1. The molecule has 1 rings (SSSR count). The Labute approximate surface area is 88.4 Å². The number of hydrogen-bond acceptors (Lipinski definition) is 1. The topological polar surface area (TPSA) is 20.2 Å². The zero-order valence-corrected chi connectivity index (χ0v) is 8.28. The van der Waals surface area contributed by atoms with E-state index in [4.69, 9.17) is 5.11 Å². The van der Waals surface area contributed by atoms with E-state index in [0.29, 0.717) is 0 Å². The van der Waals surface area contributed by atoms with Crippen LogP contribution in [0.3, 0.4) is 0 Å². The fourth-order valence-corrected chi connectivity index (χ4v) is 2.03. The van der Waals surface area contributed by atoms with E-state index < -0.39 is 30.3 Å². The fraction of sp³-hybridized carbons (Fsp3) is 1.00. The van der Waals surface area contributed by atoms with Gasteiger partial charge in [0.15, 0.2) is 6.10 Å². The lowest BCUT2D eigenvalue weighted by atomic mass is 9.79. The molecule has 0 heterocycles. The van der Waals surface area contributed by atoms with Crippen molar-refractivity contribution in [3.05, 3.63) is 0 Å². The predicted molar refractivity (Wildman–Crippen MR) is 43.6 cm³/mol. The molecule has 0 radical (unpaired) electrons. The van der Waals surface area contributed by atoms with Crippen LogP contribution in [0.15, 0.2) is 0 Å². The van der Waals surface area contributed by atoms with Gasteiger partial charge in [0.25, 0.3) is 0 Å². The van der Waals surface area contributed by atoms with E-state index in [-0.39, 0.29) is 25.7 Å². The Balaban J connectivity index is 2.50. The lowest BCUT2D eigenvalue weighted by Crippen LogP contribution is -2.39. The zero-order chi connectivity index (χ0) is 12.6. The lowest BCUT2D eigenvalue weighted by Gasteiger charge is -2.32. The maximum Gasteiger partial charge on any atom is 0.414 e. The van der Waals surface area contributed by atoms with Gasteiger partial charge in [-0.3, -0.25) is 0 Å². The van der Waals surface area contributed by atoms with Gasteiger partial charge in [0.1, 0.15) is 0 Å². The molecule has 0 aliphatic heterocycles. The summed E-state index contributed by atoms with van der Waals surface area (Å²) in [6.45, 7) is 0. The second-order valence-corrected chi connectivity index (χ2v) is 4.14. The number of hydrogen-bond donors (Lipinski definition) is 1. The van der Waals surface area contributed by atoms with Gasteiger partial charge in [-0.1, -0.05) is 0 Å². The molecule has 1 fully saturated rings. The van der Waals surface area contributed by atoms with Crippen molar-refractivity contribution in [2.24, 2.45) is 11.8 Å². The van der Waals surface area contributed by atoms with Crippen molar-refractivity contribution >= 4 is 0 Å². The van der Waals surface area contributed by atoms with Crippen molar-refractivity contribution in [3.8, 4) is 0 Å². The molecule has 0 aromatic heterocycles. The van der Waals surface area contributed by atoms with Crippen molar-refractivity contribution in [1.82, 2.24) is 0 Å². The summed E-state index contributed by atoms with van der Waals surface area (Å²) in [5.41, 5.74) is 0. The first-order chi connectivity index (χ1) is 7.12. The zero-order valence-electron chi connectivity index (χ0n) is 8.28. The lowest BCUT2D eigenvalue weighted by molar-refractivity contribution is -0.229. The first-order valence-corrected chi connectivity index (χ1v) is 4.94. The molecule has 7 heteroatoms. The maximum absolute atomic E-state index is 12.2. The van der Waals surface area contributed by atoms with E-state index in [1.807, 2.05) is 0 Å². The highest BCUT2D eigenvalue weighted by Crippen LogP contribution is 2.42. The Morgan fingerprint density at radius 2 is 1.31 bits per heavy atom. The van der Waals surface area contributed by atoms with Crippen molar-refractivity contribution < 1.29 is 31.4 Å². The molecule has 0 aromatic rings. The first-order valence-electron chi connectivity index (χ1n) is 4.94. The highest BCUT2D eigenvalue weighted by molar-refractivity contribution is 4.83. The highest BCUT2D eigenvalue weighted by atomic mass is 19.4. The van der Waals surface area contributed by atoms with Crippen LogP contribution in [0.5, 0.6) is 0 Å². The largest absolute Gasteiger partial charge is 0.414 e. The van der Waals surface area contributed by atoms with Gasteiger partial charge in [-0.05, 0) is 31.6 Å². The van der Waals surface area contributed by atoms with Gasteiger partial charge in [-0.15, -0.1) is 0 Å². The van der Waals surface area contributed by atoms with E-state index in [2.05, 4.69) is 0 Å². The number of aliphatic hydroxyl groups excluding tert-OH is 1. The summed E-state index contributed by atoms with van der Waals surface area (Å²) in [5.74, 6) is -2.62. The van der Waals surface area contributed by atoms with Gasteiger partial charge >= 0.3 is 12.4 Å². The van der Waals surface area contributed by atoms with E-state index in [0.717, 1.165) is 0 Å². The Kier molecular flexibility index (Phi) is 3.76. The van der Waals surface area contributed by atoms with Gasteiger partial charge in [-0.2, -0.15) is 26.3 Å². The molecule has 1 aliphatic rings. The molecule has 1 aliphatic carbocycles. The number of halogens is 6. The minimum atomic E-state index is -4.74. The predicted octanol–water partition coefficient (Wildman–Crippen LogP) is 3.28. The molecule has 1 atom stereocenters. The quantitative estimate of drug-likeness (QED) is 0.708. The molecule has 0 unspecified atom stereocenters. The van der Waals surface area contributed by atoms with Crippen LogP contribution in [0.1, 0.15) is 25.7 Å². The summed E-state index contributed by atoms with van der Waals surface area (Å²) < 4.78 is 72.9. The first kappa shape index (κ1) is 13.6. The molecule has 1 N–H and O–H groups in total. The minimum absolute atomic E-state index is 0.231. The molecule has 1 saturated carbocycles. The normalized spacial score (nSPS) is 30.2. The van der Waals surface area contributed by atoms with Crippen LogP contribution in [-0.2, 0) is 0 Å². The van der Waals surface area contributed by atoms with Crippen LogP contribution in [0.2, 0.25) is 0 Å². The number of alkyl halides is 6. The van der Waals surface area contributed by atoms with Crippen LogP contribution in [0.25, 0.3) is 0 Å². The molecular formula is C9H12F6O. The van der Waals surface area contributed by atoms with Crippen LogP contribution >= 0.6 is 0 Å². The Morgan fingerprint density at radius 3 is 1.62 bits per heavy atom. The third-order valence-corrected chi connectivity index (χ3v) is 3.02. The smallest absolute Gasteiger partial charge is 0.383 e. The van der Waals surface area contributed by atoms with E-state index >= 15 is 0 Å². The van der Waals surface area contributed by atoms with Gasteiger partial charge in [0, 0.05) is 0 Å². The minimum Gasteiger partial charge on any atom is -0.383 e. The molecule has 0 bridgehead atoms. The Morgan fingerprint density at radius 1 is 0.875 bits per heavy atom. The van der Waals surface area contributed by atoms with Crippen LogP contribution in [0, 0.1) is 11.8 Å². The highest BCUT2D eigenvalue weighted by Gasteiger charge is 2.47. The summed E-state index contributed by atoms with van der Waals surface area (Å²) in [4.78, 5) is 0. The molecule has 0 amide bonds. The summed E-state index contributed by atoms with van der Waals surface area (Å²) in [6.07, 6.45) is -12.7. The van der Waals surface area contributed by atoms with Crippen molar-refractivity contribution in [2.75, 3.05) is 0 Å². The van der Waals surface area contributed by atoms with Crippen molar-refractivity contribution in [3.63, 3.8) is 0 Å². The summed E-state index contributed by atoms with van der Waals surface area (Å²) >= 11 is 0. The van der Waals surface area contributed by atoms with Gasteiger partial charge < -0.3 is 5.11 Å². The van der Waals surface area contributed by atoms with Gasteiger partial charge in [0.2, 0.25) is 0 Å². The SMILES string of the molecule is O[C@@H](C1CCC(C(F)(F)F)CC1)C(F)(F)F. The maximum atomic E-state index is 12.2. The number of rotatable bonds is 1. The average Bonchev–Trinajstić information content (AvgIpc) is 2.14. The molecule has 96 valence electrons. The molecule has 0 saturated heterocycles. The van der Waals surface area contributed by atoms with Gasteiger partial charge in [0.05, 0.1) is 5.92 Å². The van der Waals surface area contributed by atoms with Crippen LogP contribution < -0.4 is 0 Å². The van der Waals surface area contributed by atoms with Crippen LogP contribution in [0.4, 0.5) is 26.3 Å². The second-order valence-electron chi connectivity index (χ2n) is 4.14. The summed E-state index contributed by atoms with van der Waals surface area (Å²) in [5, 5.41) is 8.89. The fourth-order valence-electron chi connectivity index (χ4n) is 2.03. The molecule has 16 heavy (non-hydrogen) atoms. The average molecular weight is 250 g/mol. The summed E-state index contributed by atoms with van der Waals surface area (Å²) in [6, 6.07) is 0. The van der Waals surface area contributed by atoms with Crippen molar-refractivity contribution in [1.29, 1.82) is 0 Å². The molecule has 0 spiro atoms. The Bertz CT molecular complexity index is 225.